The van der Waals surface area contributed by atoms with Crippen molar-refractivity contribution in [2.45, 2.75) is 32.0 Å². The molecule has 0 unspecified atom stereocenters. The molecule has 6 nitrogen and oxygen atoms in total. The lowest BCUT2D eigenvalue weighted by Crippen LogP contribution is -2.48. The van der Waals surface area contributed by atoms with Crippen molar-refractivity contribution in [1.82, 2.24) is 20.5 Å². The largest absolute Gasteiger partial charge is 0.481 e. The smallest absolute Gasteiger partial charge is 0.218 e. The molecule has 1 aromatic carbocycles. The van der Waals surface area contributed by atoms with Crippen molar-refractivity contribution in [3.05, 3.63) is 58.2 Å². The van der Waals surface area contributed by atoms with E-state index in [1.165, 1.54) is 5.56 Å². The van der Waals surface area contributed by atoms with Gasteiger partial charge < -0.3 is 15.4 Å². The molecule has 0 atom stereocenters. The van der Waals surface area contributed by atoms with Crippen LogP contribution in [0.5, 0.6) is 5.88 Å². The molecule has 1 aliphatic rings. The van der Waals surface area contributed by atoms with Crippen molar-refractivity contribution >= 4 is 45.9 Å². The van der Waals surface area contributed by atoms with Crippen molar-refractivity contribution < 1.29 is 4.74 Å². The number of halogens is 2. The molecule has 1 aliphatic heterocycles. The van der Waals surface area contributed by atoms with Gasteiger partial charge in [0.05, 0.1) is 7.11 Å². The van der Waals surface area contributed by atoms with Gasteiger partial charge in [-0.1, -0.05) is 34.1 Å². The van der Waals surface area contributed by atoms with Crippen LogP contribution in [0.25, 0.3) is 0 Å². The van der Waals surface area contributed by atoms with Crippen LogP contribution in [0.4, 0.5) is 0 Å². The Morgan fingerprint density at radius 3 is 2.62 bits per heavy atom. The van der Waals surface area contributed by atoms with E-state index in [1.54, 1.807) is 20.4 Å². The van der Waals surface area contributed by atoms with Crippen LogP contribution < -0.4 is 15.4 Å². The number of benzene rings is 1. The fourth-order valence-electron chi connectivity index (χ4n) is 3.39. The topological polar surface area (TPSA) is 61.8 Å². The first kappa shape index (κ1) is 23.9. The average Bonchev–Trinajstić information content (AvgIpc) is 2.74. The lowest BCUT2D eigenvalue weighted by molar-refractivity contribution is 0.198. The predicted molar refractivity (Wildman–Crippen MR) is 132 cm³/mol. The third-order valence-corrected chi connectivity index (χ3v) is 5.49. The van der Waals surface area contributed by atoms with Crippen LogP contribution >= 0.6 is 39.9 Å². The van der Waals surface area contributed by atoms with Gasteiger partial charge in [-0.05, 0) is 36.6 Å². The normalized spacial score (nSPS) is 15.5. The highest BCUT2D eigenvalue weighted by molar-refractivity contribution is 14.0. The van der Waals surface area contributed by atoms with E-state index in [0.29, 0.717) is 18.5 Å². The van der Waals surface area contributed by atoms with Crippen LogP contribution in [0.1, 0.15) is 24.0 Å². The quantitative estimate of drug-likeness (QED) is 0.313. The minimum atomic E-state index is 0. The first-order valence-electron chi connectivity index (χ1n) is 9.60. The maximum absolute atomic E-state index is 5.31. The van der Waals surface area contributed by atoms with E-state index in [4.69, 9.17) is 4.74 Å². The number of piperidine rings is 1. The maximum Gasteiger partial charge on any atom is 0.218 e. The number of hydrogen-bond acceptors (Lipinski definition) is 4. The van der Waals surface area contributed by atoms with Crippen LogP contribution in [0.15, 0.2) is 52.1 Å². The van der Waals surface area contributed by atoms with Crippen LogP contribution in [0.2, 0.25) is 0 Å². The second-order valence-electron chi connectivity index (χ2n) is 6.92. The van der Waals surface area contributed by atoms with Crippen molar-refractivity contribution in [3.63, 3.8) is 0 Å². The molecule has 0 amide bonds. The number of ether oxygens (including phenoxy) is 1. The molecule has 0 saturated carbocycles. The minimum absolute atomic E-state index is 0. The Morgan fingerprint density at radius 2 is 1.97 bits per heavy atom. The predicted octanol–water partition coefficient (Wildman–Crippen LogP) is 3.80. The third kappa shape index (κ3) is 7.42. The molecular formula is C21H29BrIN5O. The number of pyridine rings is 1. The number of aliphatic imine (C=N–C) groups is 1. The second-order valence-corrected chi connectivity index (χ2v) is 7.83. The summed E-state index contributed by atoms with van der Waals surface area (Å²) in [5.41, 5.74) is 2.37. The zero-order valence-electron chi connectivity index (χ0n) is 16.9. The molecule has 158 valence electrons. The zero-order chi connectivity index (χ0) is 19.8. The number of aromatic nitrogens is 1. The van der Waals surface area contributed by atoms with Gasteiger partial charge in [0.2, 0.25) is 5.88 Å². The van der Waals surface area contributed by atoms with Gasteiger partial charge in [0.1, 0.15) is 0 Å². The molecule has 3 rings (SSSR count). The van der Waals surface area contributed by atoms with E-state index in [0.717, 1.165) is 48.5 Å². The van der Waals surface area contributed by atoms with E-state index in [-0.39, 0.29) is 24.0 Å². The van der Waals surface area contributed by atoms with Gasteiger partial charge in [0.15, 0.2) is 5.96 Å². The van der Waals surface area contributed by atoms with E-state index in [2.05, 4.69) is 65.7 Å². The van der Waals surface area contributed by atoms with Gasteiger partial charge in [-0.3, -0.25) is 9.89 Å². The molecule has 2 aromatic rings. The van der Waals surface area contributed by atoms with E-state index >= 15 is 0 Å². The van der Waals surface area contributed by atoms with Crippen LogP contribution in [0, 0.1) is 0 Å². The van der Waals surface area contributed by atoms with Crippen LogP contribution in [-0.2, 0) is 13.1 Å². The Labute approximate surface area is 198 Å². The van der Waals surface area contributed by atoms with Gasteiger partial charge in [-0.15, -0.1) is 24.0 Å². The highest BCUT2D eigenvalue weighted by Gasteiger charge is 2.20. The van der Waals surface area contributed by atoms with Crippen LogP contribution in [-0.4, -0.2) is 49.1 Å². The maximum atomic E-state index is 5.31. The number of nitrogens with one attached hydrogen (secondary N) is 2. The summed E-state index contributed by atoms with van der Waals surface area (Å²) in [5, 5.41) is 6.91. The van der Waals surface area contributed by atoms with Crippen molar-refractivity contribution in [2.75, 3.05) is 27.2 Å². The highest BCUT2D eigenvalue weighted by Crippen LogP contribution is 2.16. The average molecular weight is 574 g/mol. The minimum Gasteiger partial charge on any atom is -0.481 e. The molecule has 1 fully saturated rings. The summed E-state index contributed by atoms with van der Waals surface area (Å²) < 4.78 is 6.44. The molecule has 1 saturated heterocycles. The molecule has 8 heteroatoms. The third-order valence-electron chi connectivity index (χ3n) is 4.96. The number of rotatable bonds is 6. The van der Waals surface area contributed by atoms with Crippen molar-refractivity contribution in [1.29, 1.82) is 0 Å². The summed E-state index contributed by atoms with van der Waals surface area (Å²) in [4.78, 5) is 11.1. The Kier molecular flexibility index (Phi) is 10.2. The van der Waals surface area contributed by atoms with Gasteiger partial charge in [0, 0.05) is 55.5 Å². The molecule has 0 aliphatic carbocycles. The number of methoxy groups -OCH3 is 1. The Hall–Kier alpha value is -1.39. The molecule has 0 radical (unpaired) electrons. The summed E-state index contributed by atoms with van der Waals surface area (Å²) >= 11 is 3.49. The zero-order valence-corrected chi connectivity index (χ0v) is 20.8. The molecule has 1 aromatic heterocycles. The van der Waals surface area contributed by atoms with E-state index in [9.17, 15) is 0 Å². The monoisotopic (exact) mass is 573 g/mol. The SMILES string of the molecule is CN=C(NCc1cccnc1OC)NC1CCN(Cc2ccc(Br)cc2)CC1.I. The lowest BCUT2D eigenvalue weighted by Gasteiger charge is -2.33. The summed E-state index contributed by atoms with van der Waals surface area (Å²) in [6.07, 6.45) is 3.94. The Bertz CT molecular complexity index is 779. The number of hydrogen-bond donors (Lipinski definition) is 2. The van der Waals surface area contributed by atoms with E-state index in [1.807, 2.05) is 12.1 Å². The first-order chi connectivity index (χ1) is 13.7. The summed E-state index contributed by atoms with van der Waals surface area (Å²) in [6, 6.07) is 12.9. The standard InChI is InChI=1S/C21H28BrN5O.HI/c1-23-21(25-14-17-4-3-11-24-20(17)28-2)26-19-9-12-27(13-10-19)15-16-5-7-18(22)8-6-16;/h3-8,11,19H,9-10,12-15H2,1-2H3,(H2,23,25,26);1H. The summed E-state index contributed by atoms with van der Waals surface area (Å²) in [7, 11) is 3.44. The van der Waals surface area contributed by atoms with Gasteiger partial charge in [0.25, 0.3) is 0 Å². The van der Waals surface area contributed by atoms with Gasteiger partial charge in [-0.25, -0.2) is 4.98 Å². The summed E-state index contributed by atoms with van der Waals surface area (Å²) in [6.45, 7) is 3.80. The van der Waals surface area contributed by atoms with Gasteiger partial charge in [-0.2, -0.15) is 0 Å². The first-order valence-corrected chi connectivity index (χ1v) is 10.4. The van der Waals surface area contributed by atoms with Crippen molar-refractivity contribution in [2.24, 2.45) is 4.99 Å². The fourth-order valence-corrected chi connectivity index (χ4v) is 3.66. The number of guanidine groups is 1. The molecular weight excluding hydrogens is 545 g/mol. The molecule has 0 spiro atoms. The molecule has 2 heterocycles. The molecule has 29 heavy (non-hydrogen) atoms. The fraction of sp³-hybridized carbons (Fsp3) is 0.429. The molecule has 2 N–H and O–H groups in total. The highest BCUT2D eigenvalue weighted by atomic mass is 127. The number of likely N-dealkylation sites (tertiary alicyclic amines) is 1. The lowest BCUT2D eigenvalue weighted by atomic mass is 10.0. The molecule has 0 bridgehead atoms. The Balaban J connectivity index is 0.00000300. The second kappa shape index (κ2) is 12.3. The van der Waals surface area contributed by atoms with Gasteiger partial charge >= 0.3 is 0 Å². The number of nitrogens with zero attached hydrogens (tertiary/aromatic N) is 3. The van der Waals surface area contributed by atoms with Crippen molar-refractivity contribution in [3.8, 4) is 5.88 Å². The van der Waals surface area contributed by atoms with Crippen LogP contribution in [0.3, 0.4) is 0 Å². The Morgan fingerprint density at radius 1 is 1.24 bits per heavy atom. The summed E-state index contributed by atoms with van der Waals surface area (Å²) in [5.74, 6) is 1.46. The van der Waals surface area contributed by atoms with E-state index < -0.39 is 0 Å².